The van der Waals surface area contributed by atoms with Crippen LogP contribution in [0.3, 0.4) is 0 Å². The summed E-state index contributed by atoms with van der Waals surface area (Å²) in [6, 6.07) is 0.936. The van der Waals surface area contributed by atoms with Gasteiger partial charge in [0, 0.05) is 25.2 Å². The van der Waals surface area contributed by atoms with Crippen LogP contribution in [0.25, 0.3) is 0 Å². The van der Waals surface area contributed by atoms with Gasteiger partial charge in [0.2, 0.25) is 0 Å². The van der Waals surface area contributed by atoms with Gasteiger partial charge in [-0.3, -0.25) is 0 Å². The molecule has 122 valence electrons. The Morgan fingerprint density at radius 1 is 1.24 bits per heavy atom. The summed E-state index contributed by atoms with van der Waals surface area (Å²) in [5, 5.41) is 6.65. The van der Waals surface area contributed by atoms with Crippen LogP contribution >= 0.6 is 0 Å². The number of carbonyl (C=O) groups excluding carboxylic acids is 1. The van der Waals surface area contributed by atoms with E-state index in [0.717, 1.165) is 19.4 Å². The topological polar surface area (TPSA) is 59.6 Å². The van der Waals surface area contributed by atoms with E-state index < -0.39 is 5.60 Å². The van der Waals surface area contributed by atoms with Gasteiger partial charge in [-0.25, -0.2) is 4.79 Å². The smallest absolute Gasteiger partial charge is 0.407 e. The summed E-state index contributed by atoms with van der Waals surface area (Å²) in [5.41, 5.74) is -0.436. The van der Waals surface area contributed by atoms with E-state index in [9.17, 15) is 4.79 Å². The molecule has 0 aromatic heterocycles. The van der Waals surface area contributed by atoms with E-state index in [2.05, 4.69) is 17.6 Å². The summed E-state index contributed by atoms with van der Waals surface area (Å²) in [6.45, 7) is 9.32. The third kappa shape index (κ3) is 5.15. The van der Waals surface area contributed by atoms with E-state index in [1.165, 1.54) is 12.8 Å². The molecule has 2 aliphatic rings. The third-order valence-electron chi connectivity index (χ3n) is 4.37. The summed E-state index contributed by atoms with van der Waals surface area (Å²) in [5.74, 6) is 0.491. The molecule has 1 aliphatic carbocycles. The molecule has 4 atom stereocenters. The molecular weight excluding hydrogens is 268 g/mol. The lowest BCUT2D eigenvalue weighted by Gasteiger charge is -2.27. The standard InChI is InChI=1S/C16H30N2O3/c1-11-13(8-9-20-11)18-14-7-5-6-12(14)10-17-15(19)21-16(2,3)4/h11-14,18H,5-10H2,1-4H3,(H,17,19). The fraction of sp³-hybridized carbons (Fsp3) is 0.938. The Morgan fingerprint density at radius 3 is 2.62 bits per heavy atom. The van der Waals surface area contributed by atoms with Crippen LogP contribution in [0.4, 0.5) is 4.79 Å². The summed E-state index contributed by atoms with van der Waals surface area (Å²) in [7, 11) is 0. The molecule has 0 radical (unpaired) electrons. The maximum Gasteiger partial charge on any atom is 0.407 e. The molecule has 0 aromatic carbocycles. The molecule has 0 aromatic rings. The van der Waals surface area contributed by atoms with Crippen molar-refractivity contribution in [2.75, 3.05) is 13.2 Å². The molecule has 1 saturated carbocycles. The number of amides is 1. The Hall–Kier alpha value is -0.810. The molecule has 2 rings (SSSR count). The minimum Gasteiger partial charge on any atom is -0.444 e. The van der Waals surface area contributed by atoms with E-state index >= 15 is 0 Å². The fourth-order valence-corrected chi connectivity index (χ4v) is 3.25. The molecule has 0 bridgehead atoms. The second-order valence-corrected chi connectivity index (χ2v) is 7.32. The molecule has 1 saturated heterocycles. The molecule has 1 heterocycles. The summed E-state index contributed by atoms with van der Waals surface area (Å²) in [6.07, 6.45) is 4.64. The molecule has 1 amide bonds. The van der Waals surface area contributed by atoms with Gasteiger partial charge in [0.05, 0.1) is 6.10 Å². The predicted octanol–water partition coefficient (Wildman–Crippen LogP) is 2.45. The number of hydrogen-bond acceptors (Lipinski definition) is 4. The van der Waals surface area contributed by atoms with Gasteiger partial charge >= 0.3 is 6.09 Å². The summed E-state index contributed by atoms with van der Waals surface area (Å²) in [4.78, 5) is 11.7. The molecule has 5 nitrogen and oxygen atoms in total. The number of nitrogens with one attached hydrogen (secondary N) is 2. The molecule has 4 unspecified atom stereocenters. The Bertz CT molecular complexity index is 354. The van der Waals surface area contributed by atoms with Gasteiger partial charge in [0.15, 0.2) is 0 Å². The van der Waals surface area contributed by atoms with Gasteiger partial charge < -0.3 is 20.1 Å². The van der Waals surface area contributed by atoms with Gasteiger partial charge in [-0.2, -0.15) is 0 Å². The largest absolute Gasteiger partial charge is 0.444 e. The number of carbonyl (C=O) groups is 1. The maximum atomic E-state index is 11.7. The Labute approximate surface area is 128 Å². The lowest BCUT2D eigenvalue weighted by molar-refractivity contribution is 0.0516. The SMILES string of the molecule is CC1OCCC1NC1CCCC1CNC(=O)OC(C)(C)C. The first-order valence-corrected chi connectivity index (χ1v) is 8.19. The van der Waals surface area contributed by atoms with Crippen LogP contribution < -0.4 is 10.6 Å². The van der Waals surface area contributed by atoms with Crippen molar-refractivity contribution < 1.29 is 14.3 Å². The maximum absolute atomic E-state index is 11.7. The first-order chi connectivity index (χ1) is 9.85. The van der Waals surface area contributed by atoms with Gasteiger partial charge in [0.1, 0.15) is 5.60 Å². The molecular formula is C16H30N2O3. The van der Waals surface area contributed by atoms with E-state index in [0.29, 0.717) is 30.7 Å². The van der Waals surface area contributed by atoms with Crippen molar-refractivity contribution in [3.05, 3.63) is 0 Å². The predicted molar refractivity (Wildman–Crippen MR) is 82.3 cm³/mol. The number of rotatable bonds is 4. The van der Waals surface area contributed by atoms with E-state index in [-0.39, 0.29) is 6.09 Å². The van der Waals surface area contributed by atoms with Crippen molar-refractivity contribution in [3.63, 3.8) is 0 Å². The monoisotopic (exact) mass is 298 g/mol. The highest BCUT2D eigenvalue weighted by atomic mass is 16.6. The second-order valence-electron chi connectivity index (χ2n) is 7.32. The number of hydrogen-bond donors (Lipinski definition) is 2. The van der Waals surface area contributed by atoms with Crippen molar-refractivity contribution in [2.45, 2.75) is 77.2 Å². The highest BCUT2D eigenvalue weighted by Gasteiger charge is 2.33. The third-order valence-corrected chi connectivity index (χ3v) is 4.37. The van der Waals surface area contributed by atoms with Crippen LogP contribution in [0.15, 0.2) is 0 Å². The van der Waals surface area contributed by atoms with Gasteiger partial charge in [-0.1, -0.05) is 6.42 Å². The minimum atomic E-state index is -0.436. The van der Waals surface area contributed by atoms with Crippen molar-refractivity contribution >= 4 is 6.09 Å². The van der Waals surface area contributed by atoms with Crippen LogP contribution in [-0.4, -0.2) is 43.0 Å². The minimum absolute atomic E-state index is 0.296. The zero-order valence-electron chi connectivity index (χ0n) is 13.8. The van der Waals surface area contributed by atoms with Crippen LogP contribution in [0.5, 0.6) is 0 Å². The van der Waals surface area contributed by atoms with Crippen molar-refractivity contribution in [3.8, 4) is 0 Å². The van der Waals surface area contributed by atoms with Crippen LogP contribution in [0.1, 0.15) is 53.4 Å². The number of ether oxygens (including phenoxy) is 2. The quantitative estimate of drug-likeness (QED) is 0.837. The fourth-order valence-electron chi connectivity index (χ4n) is 3.25. The van der Waals surface area contributed by atoms with Crippen LogP contribution in [0.2, 0.25) is 0 Å². The molecule has 0 spiro atoms. The lowest BCUT2D eigenvalue weighted by atomic mass is 10.0. The van der Waals surface area contributed by atoms with E-state index in [1.54, 1.807) is 0 Å². The average Bonchev–Trinajstić information content (AvgIpc) is 2.95. The van der Waals surface area contributed by atoms with Crippen molar-refractivity contribution in [1.29, 1.82) is 0 Å². The van der Waals surface area contributed by atoms with Gasteiger partial charge in [-0.05, 0) is 52.9 Å². The van der Waals surface area contributed by atoms with Gasteiger partial charge in [0.25, 0.3) is 0 Å². The zero-order chi connectivity index (χ0) is 15.5. The molecule has 2 N–H and O–H groups in total. The molecule has 1 aliphatic heterocycles. The average molecular weight is 298 g/mol. The Morgan fingerprint density at radius 2 is 2.00 bits per heavy atom. The van der Waals surface area contributed by atoms with E-state index in [1.807, 2.05) is 20.8 Å². The zero-order valence-corrected chi connectivity index (χ0v) is 13.8. The first-order valence-electron chi connectivity index (χ1n) is 8.19. The van der Waals surface area contributed by atoms with Crippen molar-refractivity contribution in [2.24, 2.45) is 5.92 Å². The summed E-state index contributed by atoms with van der Waals surface area (Å²) >= 11 is 0. The normalized spacial score (nSPS) is 33.1. The van der Waals surface area contributed by atoms with Crippen LogP contribution in [0, 0.1) is 5.92 Å². The summed E-state index contributed by atoms with van der Waals surface area (Å²) < 4.78 is 10.9. The highest BCUT2D eigenvalue weighted by molar-refractivity contribution is 5.67. The Balaban J connectivity index is 1.75. The molecule has 2 fully saturated rings. The second kappa shape index (κ2) is 6.97. The van der Waals surface area contributed by atoms with Gasteiger partial charge in [-0.15, -0.1) is 0 Å². The Kier molecular flexibility index (Phi) is 5.49. The van der Waals surface area contributed by atoms with E-state index in [4.69, 9.17) is 9.47 Å². The van der Waals surface area contributed by atoms with Crippen molar-refractivity contribution in [1.82, 2.24) is 10.6 Å². The van der Waals surface area contributed by atoms with Crippen LogP contribution in [-0.2, 0) is 9.47 Å². The lowest BCUT2D eigenvalue weighted by Crippen LogP contribution is -2.46. The number of alkyl carbamates (subject to hydrolysis) is 1. The molecule has 5 heteroatoms. The highest BCUT2D eigenvalue weighted by Crippen LogP contribution is 2.27. The molecule has 21 heavy (non-hydrogen) atoms. The first kappa shape index (κ1) is 16.6.